The zero-order valence-corrected chi connectivity index (χ0v) is 14.5. The number of rotatable bonds is 8. The van der Waals surface area contributed by atoms with Crippen LogP contribution in [0, 0.1) is 0 Å². The first-order valence-corrected chi connectivity index (χ1v) is 8.61. The Kier molecular flexibility index (Phi) is 7.20. The molecule has 0 radical (unpaired) electrons. The SMILES string of the molecule is C=CCNC(=NCCc1ccco1)N(C)CC1CCCN1CC. The maximum atomic E-state index is 5.37. The second-order valence-corrected chi connectivity index (χ2v) is 6.01. The van der Waals surface area contributed by atoms with Gasteiger partial charge < -0.3 is 14.6 Å². The van der Waals surface area contributed by atoms with Crippen LogP contribution in [-0.4, -0.2) is 61.6 Å². The fraction of sp³-hybridized carbons (Fsp3) is 0.611. The molecular formula is C18H30N4O. The van der Waals surface area contributed by atoms with Gasteiger partial charge in [0.15, 0.2) is 5.96 Å². The Morgan fingerprint density at radius 1 is 1.61 bits per heavy atom. The Balaban J connectivity index is 1.90. The highest BCUT2D eigenvalue weighted by Gasteiger charge is 2.24. The molecule has 5 nitrogen and oxygen atoms in total. The molecule has 1 N–H and O–H groups in total. The largest absolute Gasteiger partial charge is 0.469 e. The van der Waals surface area contributed by atoms with E-state index in [2.05, 4.69) is 35.7 Å². The van der Waals surface area contributed by atoms with Crippen LogP contribution in [0.15, 0.2) is 40.5 Å². The minimum Gasteiger partial charge on any atom is -0.469 e. The third-order valence-electron chi connectivity index (χ3n) is 4.36. The zero-order valence-electron chi connectivity index (χ0n) is 14.5. The fourth-order valence-corrected chi connectivity index (χ4v) is 3.12. The van der Waals surface area contributed by atoms with Gasteiger partial charge in [-0.1, -0.05) is 13.0 Å². The third kappa shape index (κ3) is 5.43. The van der Waals surface area contributed by atoms with Crippen molar-refractivity contribution in [2.24, 2.45) is 4.99 Å². The van der Waals surface area contributed by atoms with Crippen LogP contribution >= 0.6 is 0 Å². The average molecular weight is 318 g/mol. The molecular weight excluding hydrogens is 288 g/mol. The van der Waals surface area contributed by atoms with Gasteiger partial charge in [0, 0.05) is 39.1 Å². The van der Waals surface area contributed by atoms with Gasteiger partial charge in [0.1, 0.15) is 5.76 Å². The summed E-state index contributed by atoms with van der Waals surface area (Å²) in [5.74, 6) is 1.92. The minimum absolute atomic E-state index is 0.630. The number of guanidine groups is 1. The van der Waals surface area contributed by atoms with Gasteiger partial charge >= 0.3 is 0 Å². The first-order chi connectivity index (χ1) is 11.2. The lowest BCUT2D eigenvalue weighted by Gasteiger charge is -2.29. The summed E-state index contributed by atoms with van der Waals surface area (Å²) in [6.07, 6.45) is 6.98. The first kappa shape index (κ1) is 17.6. The lowest BCUT2D eigenvalue weighted by atomic mass is 10.2. The van der Waals surface area contributed by atoms with E-state index in [4.69, 9.17) is 9.41 Å². The van der Waals surface area contributed by atoms with Crippen molar-refractivity contribution < 1.29 is 4.42 Å². The quantitative estimate of drug-likeness (QED) is 0.454. The normalized spacial score (nSPS) is 19.0. The van der Waals surface area contributed by atoms with E-state index in [1.807, 2.05) is 18.2 Å². The number of furan rings is 1. The molecule has 1 aromatic rings. The topological polar surface area (TPSA) is 44.0 Å². The van der Waals surface area contributed by atoms with Crippen molar-refractivity contribution in [3.05, 3.63) is 36.8 Å². The predicted molar refractivity (Wildman–Crippen MR) is 95.8 cm³/mol. The number of likely N-dealkylation sites (N-methyl/N-ethyl adjacent to an activating group) is 2. The third-order valence-corrected chi connectivity index (χ3v) is 4.36. The highest BCUT2D eigenvalue weighted by molar-refractivity contribution is 5.79. The summed E-state index contributed by atoms with van der Waals surface area (Å²) >= 11 is 0. The number of nitrogens with zero attached hydrogens (tertiary/aromatic N) is 3. The molecule has 1 aromatic heterocycles. The predicted octanol–water partition coefficient (Wildman–Crippen LogP) is 2.37. The molecule has 1 aliphatic heterocycles. The van der Waals surface area contributed by atoms with Crippen molar-refractivity contribution in [1.29, 1.82) is 0 Å². The maximum Gasteiger partial charge on any atom is 0.193 e. The van der Waals surface area contributed by atoms with Gasteiger partial charge in [0.05, 0.1) is 6.26 Å². The van der Waals surface area contributed by atoms with Gasteiger partial charge in [0.2, 0.25) is 0 Å². The Labute approximate surface area is 140 Å². The molecule has 0 saturated carbocycles. The van der Waals surface area contributed by atoms with Crippen LogP contribution in [0.5, 0.6) is 0 Å². The minimum atomic E-state index is 0.630. The zero-order chi connectivity index (χ0) is 16.5. The number of likely N-dealkylation sites (tertiary alicyclic amines) is 1. The number of hydrogen-bond acceptors (Lipinski definition) is 3. The summed E-state index contributed by atoms with van der Waals surface area (Å²) in [6, 6.07) is 4.54. The van der Waals surface area contributed by atoms with Crippen LogP contribution in [0.3, 0.4) is 0 Å². The van der Waals surface area contributed by atoms with Gasteiger partial charge in [-0.2, -0.15) is 0 Å². The Hall–Kier alpha value is -1.75. The van der Waals surface area contributed by atoms with Crippen molar-refractivity contribution >= 4 is 5.96 Å². The van der Waals surface area contributed by atoms with E-state index < -0.39 is 0 Å². The highest BCUT2D eigenvalue weighted by atomic mass is 16.3. The van der Waals surface area contributed by atoms with Crippen LogP contribution in [0.4, 0.5) is 0 Å². The van der Waals surface area contributed by atoms with Gasteiger partial charge in [-0.25, -0.2) is 0 Å². The van der Waals surface area contributed by atoms with E-state index in [-0.39, 0.29) is 0 Å². The van der Waals surface area contributed by atoms with Gasteiger partial charge in [-0.05, 0) is 38.1 Å². The summed E-state index contributed by atoms with van der Waals surface area (Å²) in [7, 11) is 2.12. The Morgan fingerprint density at radius 2 is 2.48 bits per heavy atom. The Morgan fingerprint density at radius 3 is 3.17 bits per heavy atom. The smallest absolute Gasteiger partial charge is 0.193 e. The van der Waals surface area contributed by atoms with E-state index >= 15 is 0 Å². The molecule has 2 rings (SSSR count). The van der Waals surface area contributed by atoms with Crippen molar-refractivity contribution in [2.45, 2.75) is 32.2 Å². The monoisotopic (exact) mass is 318 g/mol. The lowest BCUT2D eigenvalue weighted by molar-refractivity contribution is 0.233. The van der Waals surface area contributed by atoms with Gasteiger partial charge in [-0.3, -0.25) is 9.89 Å². The Bertz CT molecular complexity index is 483. The molecule has 0 aromatic carbocycles. The van der Waals surface area contributed by atoms with Gasteiger partial charge in [0.25, 0.3) is 0 Å². The summed E-state index contributed by atoms with van der Waals surface area (Å²) in [5, 5.41) is 3.36. The van der Waals surface area contributed by atoms with E-state index in [1.54, 1.807) is 6.26 Å². The molecule has 1 atom stereocenters. The van der Waals surface area contributed by atoms with Crippen molar-refractivity contribution in [2.75, 3.05) is 39.8 Å². The highest BCUT2D eigenvalue weighted by Crippen LogP contribution is 2.17. The molecule has 0 bridgehead atoms. The van der Waals surface area contributed by atoms with Crippen LogP contribution in [0.25, 0.3) is 0 Å². The molecule has 1 fully saturated rings. The van der Waals surface area contributed by atoms with Gasteiger partial charge in [-0.15, -0.1) is 6.58 Å². The summed E-state index contributed by atoms with van der Waals surface area (Å²) in [6.45, 7) is 10.8. The summed E-state index contributed by atoms with van der Waals surface area (Å²) in [5.41, 5.74) is 0. The second-order valence-electron chi connectivity index (χ2n) is 6.01. The molecule has 0 amide bonds. The molecule has 5 heteroatoms. The second kappa shape index (κ2) is 9.40. The molecule has 128 valence electrons. The molecule has 2 heterocycles. The number of nitrogens with one attached hydrogen (secondary N) is 1. The standard InChI is InChI=1S/C18H30N4O/c1-4-11-19-18(20-12-10-17-9-7-14-23-17)21(3)15-16-8-6-13-22(16)5-2/h4,7,9,14,16H,1,5-6,8,10-13,15H2,2-3H3,(H,19,20). The van der Waals surface area contributed by atoms with E-state index in [9.17, 15) is 0 Å². The van der Waals surface area contributed by atoms with Crippen molar-refractivity contribution in [3.63, 3.8) is 0 Å². The summed E-state index contributed by atoms with van der Waals surface area (Å²) < 4.78 is 5.37. The van der Waals surface area contributed by atoms with E-state index in [1.165, 1.54) is 19.4 Å². The lowest BCUT2D eigenvalue weighted by Crippen LogP contribution is -2.46. The van der Waals surface area contributed by atoms with Crippen molar-refractivity contribution in [1.82, 2.24) is 15.1 Å². The molecule has 1 aliphatic rings. The fourth-order valence-electron chi connectivity index (χ4n) is 3.12. The molecule has 0 spiro atoms. The van der Waals surface area contributed by atoms with Crippen LogP contribution in [-0.2, 0) is 6.42 Å². The maximum absolute atomic E-state index is 5.37. The van der Waals surface area contributed by atoms with Crippen LogP contribution in [0.2, 0.25) is 0 Å². The van der Waals surface area contributed by atoms with E-state index in [0.717, 1.165) is 44.3 Å². The van der Waals surface area contributed by atoms with E-state index in [0.29, 0.717) is 6.04 Å². The molecule has 0 aliphatic carbocycles. The first-order valence-electron chi connectivity index (χ1n) is 8.61. The summed E-state index contributed by atoms with van der Waals surface area (Å²) in [4.78, 5) is 9.53. The number of aliphatic imine (C=N–C) groups is 1. The molecule has 23 heavy (non-hydrogen) atoms. The average Bonchev–Trinajstić information content (AvgIpc) is 3.21. The van der Waals surface area contributed by atoms with Crippen molar-refractivity contribution in [3.8, 4) is 0 Å². The molecule has 1 unspecified atom stereocenters. The van der Waals surface area contributed by atoms with Crippen LogP contribution < -0.4 is 5.32 Å². The number of hydrogen-bond donors (Lipinski definition) is 1. The molecule has 1 saturated heterocycles. The van der Waals surface area contributed by atoms with Crippen LogP contribution in [0.1, 0.15) is 25.5 Å².